The van der Waals surface area contributed by atoms with Gasteiger partial charge in [0.1, 0.15) is 5.69 Å². The molecule has 1 aliphatic heterocycles. The second-order valence-corrected chi connectivity index (χ2v) is 5.89. The van der Waals surface area contributed by atoms with E-state index in [4.69, 9.17) is 5.73 Å². The fourth-order valence-electron chi connectivity index (χ4n) is 3.46. The van der Waals surface area contributed by atoms with Crippen molar-refractivity contribution < 1.29 is 9.90 Å². The molecule has 5 heteroatoms. The average Bonchev–Trinajstić information content (AvgIpc) is 2.83. The van der Waals surface area contributed by atoms with Crippen LogP contribution in [0.5, 0.6) is 0 Å². The van der Waals surface area contributed by atoms with E-state index in [0.29, 0.717) is 30.9 Å². The number of fused-ring (bicyclic) bond motifs is 1. The standard InChI is InChI=1S/C14H21N3O2/c15-11-7-12(16-8-11)13(18)17-6-5-14(19)4-2-1-3-10(14)9-17/h7-8,10,16,19H,1-6,9,15H2. The number of carbonyl (C=O) groups is 1. The Morgan fingerprint density at radius 1 is 1.47 bits per heavy atom. The van der Waals surface area contributed by atoms with Crippen LogP contribution >= 0.6 is 0 Å². The molecule has 2 aliphatic rings. The number of anilines is 1. The van der Waals surface area contributed by atoms with Gasteiger partial charge in [-0.15, -0.1) is 0 Å². The number of rotatable bonds is 1. The molecule has 2 atom stereocenters. The average molecular weight is 263 g/mol. The lowest BCUT2D eigenvalue weighted by molar-refractivity contribution is -0.0886. The van der Waals surface area contributed by atoms with Gasteiger partial charge in [-0.1, -0.05) is 12.8 Å². The second-order valence-electron chi connectivity index (χ2n) is 5.89. The lowest BCUT2D eigenvalue weighted by Gasteiger charge is -2.47. The van der Waals surface area contributed by atoms with Crippen LogP contribution in [0.3, 0.4) is 0 Å². The van der Waals surface area contributed by atoms with Gasteiger partial charge in [-0.25, -0.2) is 0 Å². The summed E-state index contributed by atoms with van der Waals surface area (Å²) in [5, 5.41) is 10.6. The molecular weight excluding hydrogens is 242 g/mol. The van der Waals surface area contributed by atoms with Gasteiger partial charge in [-0.05, 0) is 25.3 Å². The maximum atomic E-state index is 12.3. The highest BCUT2D eigenvalue weighted by molar-refractivity contribution is 5.93. The summed E-state index contributed by atoms with van der Waals surface area (Å²) in [5.41, 5.74) is 6.21. The van der Waals surface area contributed by atoms with Crippen LogP contribution in [0.2, 0.25) is 0 Å². The number of amides is 1. The first-order valence-corrected chi connectivity index (χ1v) is 7.04. The van der Waals surface area contributed by atoms with E-state index < -0.39 is 5.60 Å². The van der Waals surface area contributed by atoms with Gasteiger partial charge in [-0.3, -0.25) is 4.79 Å². The van der Waals surface area contributed by atoms with Gasteiger partial charge in [0.25, 0.3) is 5.91 Å². The maximum Gasteiger partial charge on any atom is 0.270 e. The van der Waals surface area contributed by atoms with Crippen molar-refractivity contribution in [2.45, 2.75) is 37.7 Å². The summed E-state index contributed by atoms with van der Waals surface area (Å²) in [7, 11) is 0. The molecule has 4 N–H and O–H groups in total. The molecule has 0 aromatic carbocycles. The monoisotopic (exact) mass is 263 g/mol. The quantitative estimate of drug-likeness (QED) is 0.715. The molecule has 19 heavy (non-hydrogen) atoms. The third-order valence-electron chi connectivity index (χ3n) is 4.65. The SMILES string of the molecule is Nc1c[nH]c(C(=O)N2CCC3(O)CCCCC3C2)c1. The first-order valence-electron chi connectivity index (χ1n) is 7.04. The Morgan fingerprint density at radius 2 is 2.32 bits per heavy atom. The fourth-order valence-corrected chi connectivity index (χ4v) is 3.46. The Bertz CT molecular complexity index is 485. The number of nitrogens with zero attached hydrogens (tertiary/aromatic N) is 1. The minimum Gasteiger partial charge on any atom is -0.397 e. The summed E-state index contributed by atoms with van der Waals surface area (Å²) < 4.78 is 0. The van der Waals surface area contributed by atoms with Gasteiger partial charge in [0, 0.05) is 30.9 Å². The number of nitrogens with one attached hydrogen (secondary N) is 1. The fraction of sp³-hybridized carbons (Fsp3) is 0.643. The zero-order valence-electron chi connectivity index (χ0n) is 11.1. The van der Waals surface area contributed by atoms with Crippen molar-refractivity contribution in [3.05, 3.63) is 18.0 Å². The topological polar surface area (TPSA) is 82.4 Å². The number of carbonyl (C=O) groups excluding carboxylic acids is 1. The number of piperidine rings is 1. The number of H-pyrrole nitrogens is 1. The molecule has 1 saturated heterocycles. The van der Waals surface area contributed by atoms with E-state index in [2.05, 4.69) is 4.98 Å². The second kappa shape index (κ2) is 4.56. The first-order chi connectivity index (χ1) is 9.08. The molecular formula is C14H21N3O2. The molecule has 1 aromatic heterocycles. The van der Waals surface area contributed by atoms with E-state index in [-0.39, 0.29) is 11.8 Å². The molecule has 0 spiro atoms. The third kappa shape index (κ3) is 2.23. The minimum absolute atomic E-state index is 0.00989. The lowest BCUT2D eigenvalue weighted by atomic mass is 9.71. The van der Waals surface area contributed by atoms with Crippen molar-refractivity contribution in [1.29, 1.82) is 0 Å². The Morgan fingerprint density at radius 3 is 3.05 bits per heavy atom. The van der Waals surface area contributed by atoms with E-state index in [1.165, 1.54) is 0 Å². The Hall–Kier alpha value is -1.49. The molecule has 2 fully saturated rings. The summed E-state index contributed by atoms with van der Waals surface area (Å²) in [5.74, 6) is 0.218. The number of aromatic amines is 1. The number of hydrogen-bond acceptors (Lipinski definition) is 3. The van der Waals surface area contributed by atoms with Crippen LogP contribution < -0.4 is 5.73 Å². The minimum atomic E-state index is -0.538. The predicted molar refractivity (Wildman–Crippen MR) is 72.6 cm³/mol. The Kier molecular flexibility index (Phi) is 3.01. The highest BCUT2D eigenvalue weighted by Crippen LogP contribution is 2.39. The van der Waals surface area contributed by atoms with Crippen molar-refractivity contribution in [3.63, 3.8) is 0 Å². The van der Waals surface area contributed by atoms with Gasteiger partial charge in [0.2, 0.25) is 0 Å². The first kappa shape index (κ1) is 12.5. The summed E-state index contributed by atoms with van der Waals surface area (Å²) in [6, 6.07) is 1.67. The highest BCUT2D eigenvalue weighted by atomic mass is 16.3. The van der Waals surface area contributed by atoms with Crippen LogP contribution in [0.25, 0.3) is 0 Å². The predicted octanol–water partition coefficient (Wildman–Crippen LogP) is 1.36. The van der Waals surface area contributed by atoms with Crippen molar-refractivity contribution in [2.75, 3.05) is 18.8 Å². The molecule has 104 valence electrons. The molecule has 5 nitrogen and oxygen atoms in total. The smallest absolute Gasteiger partial charge is 0.270 e. The van der Waals surface area contributed by atoms with Crippen LogP contribution in [-0.2, 0) is 0 Å². The summed E-state index contributed by atoms with van der Waals surface area (Å²) in [6.45, 7) is 1.29. The lowest BCUT2D eigenvalue weighted by Crippen LogP contribution is -2.54. The van der Waals surface area contributed by atoms with Crippen molar-refractivity contribution >= 4 is 11.6 Å². The molecule has 1 aromatic rings. The van der Waals surface area contributed by atoms with Crippen LogP contribution in [0.1, 0.15) is 42.6 Å². The Balaban J connectivity index is 1.72. The summed E-state index contributed by atoms with van der Waals surface area (Å²) >= 11 is 0. The van der Waals surface area contributed by atoms with E-state index in [1.807, 2.05) is 4.90 Å². The number of aliphatic hydroxyl groups is 1. The molecule has 3 rings (SSSR count). The molecule has 1 amide bonds. The number of likely N-dealkylation sites (tertiary alicyclic amines) is 1. The van der Waals surface area contributed by atoms with E-state index >= 15 is 0 Å². The number of nitrogen functional groups attached to an aromatic ring is 1. The number of nitrogens with two attached hydrogens (primary N) is 1. The van der Waals surface area contributed by atoms with Crippen LogP contribution in [0.15, 0.2) is 12.3 Å². The van der Waals surface area contributed by atoms with E-state index in [9.17, 15) is 9.90 Å². The summed E-state index contributed by atoms with van der Waals surface area (Å²) in [4.78, 5) is 17.1. The van der Waals surface area contributed by atoms with E-state index in [0.717, 1.165) is 25.7 Å². The third-order valence-corrected chi connectivity index (χ3v) is 4.65. The van der Waals surface area contributed by atoms with Gasteiger partial charge >= 0.3 is 0 Å². The number of hydrogen-bond donors (Lipinski definition) is 3. The highest BCUT2D eigenvalue weighted by Gasteiger charge is 2.43. The zero-order valence-corrected chi connectivity index (χ0v) is 11.1. The molecule has 2 heterocycles. The van der Waals surface area contributed by atoms with Crippen LogP contribution in [0.4, 0.5) is 5.69 Å². The maximum absolute atomic E-state index is 12.3. The van der Waals surface area contributed by atoms with Gasteiger partial charge < -0.3 is 20.7 Å². The Labute approximate surface area is 112 Å². The zero-order chi connectivity index (χ0) is 13.5. The largest absolute Gasteiger partial charge is 0.397 e. The molecule has 1 saturated carbocycles. The van der Waals surface area contributed by atoms with Crippen LogP contribution in [-0.4, -0.2) is 39.6 Å². The van der Waals surface area contributed by atoms with Gasteiger partial charge in [-0.2, -0.15) is 0 Å². The van der Waals surface area contributed by atoms with Crippen molar-refractivity contribution in [3.8, 4) is 0 Å². The van der Waals surface area contributed by atoms with E-state index in [1.54, 1.807) is 12.3 Å². The normalized spacial score (nSPS) is 31.0. The van der Waals surface area contributed by atoms with Crippen LogP contribution in [0, 0.1) is 5.92 Å². The molecule has 0 bridgehead atoms. The van der Waals surface area contributed by atoms with Gasteiger partial charge in [0.05, 0.1) is 5.60 Å². The van der Waals surface area contributed by atoms with Crippen molar-refractivity contribution in [1.82, 2.24) is 9.88 Å². The summed E-state index contributed by atoms with van der Waals surface area (Å²) in [6.07, 6.45) is 6.49. The van der Waals surface area contributed by atoms with Gasteiger partial charge in [0.15, 0.2) is 0 Å². The number of aromatic nitrogens is 1. The van der Waals surface area contributed by atoms with Crippen molar-refractivity contribution in [2.24, 2.45) is 5.92 Å². The molecule has 1 aliphatic carbocycles. The molecule has 0 radical (unpaired) electrons. The molecule has 2 unspecified atom stereocenters.